The number of hydrogen-bond acceptors (Lipinski definition) is 5. The fraction of sp³-hybridized carbons (Fsp3) is 0.250. The highest BCUT2D eigenvalue weighted by Crippen LogP contribution is 2.08. The maximum atomic E-state index is 12.6. The highest BCUT2D eigenvalue weighted by Gasteiger charge is 2.13. The number of pyridine rings is 2. The fourth-order valence-corrected chi connectivity index (χ4v) is 2.54. The highest BCUT2D eigenvalue weighted by molar-refractivity contribution is 5.76. The van der Waals surface area contributed by atoms with Gasteiger partial charge < -0.3 is 5.73 Å². The molecule has 0 saturated carbocycles. The van der Waals surface area contributed by atoms with Crippen LogP contribution in [0, 0.1) is 0 Å². The molecule has 0 spiro atoms. The van der Waals surface area contributed by atoms with Crippen molar-refractivity contribution in [3.05, 3.63) is 63.2 Å². The molecule has 0 fully saturated rings. The van der Waals surface area contributed by atoms with E-state index in [1.54, 1.807) is 25.4 Å². The zero-order valence-corrected chi connectivity index (χ0v) is 12.9. The van der Waals surface area contributed by atoms with Gasteiger partial charge in [-0.25, -0.2) is 14.3 Å². The maximum Gasteiger partial charge on any atom is 0.337 e. The van der Waals surface area contributed by atoms with Crippen LogP contribution in [0.15, 0.2) is 46.4 Å². The van der Waals surface area contributed by atoms with E-state index < -0.39 is 11.2 Å². The molecule has 0 aliphatic heterocycles. The molecule has 0 amide bonds. The smallest absolute Gasteiger partial charge is 0.328 e. The first-order valence-corrected chi connectivity index (χ1v) is 7.25. The molecule has 1 atom stereocenters. The molecular weight excluding hydrogens is 294 g/mol. The summed E-state index contributed by atoms with van der Waals surface area (Å²) in [7, 11) is 1.60. The van der Waals surface area contributed by atoms with E-state index in [1.165, 1.54) is 17.0 Å². The van der Waals surface area contributed by atoms with Crippen molar-refractivity contribution in [1.29, 1.82) is 0 Å². The fourth-order valence-electron chi connectivity index (χ4n) is 2.54. The summed E-state index contributed by atoms with van der Waals surface area (Å²) in [4.78, 5) is 33.3. The molecule has 2 N–H and O–H groups in total. The summed E-state index contributed by atoms with van der Waals surface area (Å²) >= 11 is 0. The third-order valence-electron chi connectivity index (χ3n) is 3.67. The predicted octanol–water partition coefficient (Wildman–Crippen LogP) is 0.369. The van der Waals surface area contributed by atoms with Crippen LogP contribution in [0.2, 0.25) is 0 Å². The third-order valence-corrected chi connectivity index (χ3v) is 3.67. The Morgan fingerprint density at radius 2 is 2.00 bits per heavy atom. The number of nitrogens with two attached hydrogens (primary N) is 1. The monoisotopic (exact) mass is 311 g/mol. The van der Waals surface area contributed by atoms with Crippen LogP contribution in [0.25, 0.3) is 16.7 Å². The van der Waals surface area contributed by atoms with E-state index in [4.69, 9.17) is 5.73 Å². The van der Waals surface area contributed by atoms with Crippen molar-refractivity contribution in [2.75, 3.05) is 0 Å². The highest BCUT2D eigenvalue weighted by atomic mass is 16.2. The van der Waals surface area contributed by atoms with Crippen LogP contribution in [0.3, 0.4) is 0 Å². The van der Waals surface area contributed by atoms with E-state index in [0.29, 0.717) is 23.1 Å². The van der Waals surface area contributed by atoms with Crippen molar-refractivity contribution in [2.45, 2.75) is 19.4 Å². The molecule has 3 rings (SSSR count). The van der Waals surface area contributed by atoms with Crippen molar-refractivity contribution >= 4 is 10.9 Å². The minimum absolute atomic E-state index is 0.0198. The molecule has 0 radical (unpaired) electrons. The van der Waals surface area contributed by atoms with Gasteiger partial charge in [-0.2, -0.15) is 0 Å². The summed E-state index contributed by atoms with van der Waals surface area (Å²) < 4.78 is 2.46. The topological polar surface area (TPSA) is 95.8 Å². The predicted molar refractivity (Wildman–Crippen MR) is 87.7 cm³/mol. The van der Waals surface area contributed by atoms with Gasteiger partial charge in [-0.1, -0.05) is 6.07 Å². The Labute approximate surface area is 132 Å². The third kappa shape index (κ3) is 2.66. The largest absolute Gasteiger partial charge is 0.337 e. The van der Waals surface area contributed by atoms with Crippen LogP contribution in [-0.2, 0) is 13.5 Å². The van der Waals surface area contributed by atoms with Gasteiger partial charge in [0.15, 0.2) is 0 Å². The summed E-state index contributed by atoms with van der Waals surface area (Å²) in [5, 5.41) is 0.420. The number of rotatable bonds is 3. The summed E-state index contributed by atoms with van der Waals surface area (Å²) in [6, 6.07) is 5.10. The van der Waals surface area contributed by atoms with E-state index in [-0.39, 0.29) is 6.04 Å². The first-order valence-electron chi connectivity index (χ1n) is 7.25. The molecular formula is C16H17N5O2. The molecule has 0 aliphatic rings. The van der Waals surface area contributed by atoms with Gasteiger partial charge >= 0.3 is 5.69 Å². The number of fused-ring (bicyclic) bond motifs is 1. The first-order chi connectivity index (χ1) is 11.0. The lowest BCUT2D eigenvalue weighted by Crippen LogP contribution is -2.38. The molecule has 1 unspecified atom stereocenters. The SMILES string of the molecule is CC(N)Cc1ccc(-n2c(=O)c3ccncc3n(C)c2=O)nc1. The molecule has 0 aliphatic carbocycles. The lowest BCUT2D eigenvalue weighted by atomic mass is 10.1. The molecule has 0 aromatic carbocycles. The van der Waals surface area contributed by atoms with Gasteiger partial charge in [0, 0.05) is 25.5 Å². The van der Waals surface area contributed by atoms with Crippen molar-refractivity contribution in [1.82, 2.24) is 19.1 Å². The zero-order chi connectivity index (χ0) is 16.6. The van der Waals surface area contributed by atoms with Gasteiger partial charge in [0.05, 0.1) is 17.1 Å². The molecule has 3 aromatic heterocycles. The maximum absolute atomic E-state index is 12.6. The standard InChI is InChI=1S/C16H17N5O2/c1-10(17)7-11-3-4-14(19-8-11)21-15(22)12-5-6-18-9-13(12)20(2)16(21)23/h3-6,8-10H,7,17H2,1-2H3. The van der Waals surface area contributed by atoms with Gasteiger partial charge in [-0.15, -0.1) is 0 Å². The minimum Gasteiger partial charge on any atom is -0.328 e. The van der Waals surface area contributed by atoms with E-state index in [9.17, 15) is 9.59 Å². The minimum atomic E-state index is -0.456. The van der Waals surface area contributed by atoms with Crippen LogP contribution in [0.5, 0.6) is 0 Å². The van der Waals surface area contributed by atoms with Crippen LogP contribution < -0.4 is 17.0 Å². The Hall–Kier alpha value is -2.80. The number of aromatic nitrogens is 4. The van der Waals surface area contributed by atoms with Crippen molar-refractivity contribution < 1.29 is 0 Å². The van der Waals surface area contributed by atoms with Gasteiger partial charge in [-0.3, -0.25) is 14.3 Å². The summed E-state index contributed by atoms with van der Waals surface area (Å²) in [5.74, 6) is 0.294. The molecule has 118 valence electrons. The second kappa shape index (κ2) is 5.77. The average Bonchev–Trinajstić information content (AvgIpc) is 2.54. The Balaban J connectivity index is 2.21. The van der Waals surface area contributed by atoms with E-state index in [2.05, 4.69) is 9.97 Å². The van der Waals surface area contributed by atoms with Gasteiger partial charge in [0.1, 0.15) is 5.82 Å². The van der Waals surface area contributed by atoms with Crippen molar-refractivity contribution in [3.8, 4) is 5.82 Å². The molecule has 7 nitrogen and oxygen atoms in total. The van der Waals surface area contributed by atoms with Crippen LogP contribution >= 0.6 is 0 Å². The molecule has 23 heavy (non-hydrogen) atoms. The second-order valence-corrected chi connectivity index (χ2v) is 5.58. The summed E-state index contributed by atoms with van der Waals surface area (Å²) in [6.45, 7) is 1.91. The van der Waals surface area contributed by atoms with Crippen molar-refractivity contribution in [2.24, 2.45) is 12.8 Å². The lowest BCUT2D eigenvalue weighted by molar-refractivity contribution is 0.730. The molecule has 3 heterocycles. The lowest BCUT2D eigenvalue weighted by Gasteiger charge is -2.10. The van der Waals surface area contributed by atoms with E-state index in [1.807, 2.05) is 13.0 Å². The summed E-state index contributed by atoms with van der Waals surface area (Å²) in [6.07, 6.45) is 5.35. The molecule has 0 saturated heterocycles. The number of aryl methyl sites for hydroxylation is 1. The normalized spacial score (nSPS) is 12.5. The second-order valence-electron chi connectivity index (χ2n) is 5.58. The Morgan fingerprint density at radius 1 is 1.22 bits per heavy atom. The average molecular weight is 311 g/mol. The van der Waals surface area contributed by atoms with E-state index >= 15 is 0 Å². The van der Waals surface area contributed by atoms with Crippen LogP contribution in [0.1, 0.15) is 12.5 Å². The van der Waals surface area contributed by atoms with Crippen molar-refractivity contribution in [3.63, 3.8) is 0 Å². The zero-order valence-electron chi connectivity index (χ0n) is 12.9. The molecule has 0 bridgehead atoms. The summed E-state index contributed by atoms with van der Waals surface area (Å²) in [5.41, 5.74) is 6.35. The van der Waals surface area contributed by atoms with Crippen LogP contribution in [-0.4, -0.2) is 25.1 Å². The number of nitrogens with zero attached hydrogens (tertiary/aromatic N) is 4. The van der Waals surface area contributed by atoms with Gasteiger partial charge in [-0.05, 0) is 31.0 Å². The van der Waals surface area contributed by atoms with Gasteiger partial charge in [0.2, 0.25) is 0 Å². The quantitative estimate of drug-likeness (QED) is 0.754. The number of hydrogen-bond donors (Lipinski definition) is 1. The van der Waals surface area contributed by atoms with E-state index in [0.717, 1.165) is 10.1 Å². The molecule has 3 aromatic rings. The Kier molecular flexibility index (Phi) is 3.79. The molecule has 7 heteroatoms. The Morgan fingerprint density at radius 3 is 2.65 bits per heavy atom. The van der Waals surface area contributed by atoms with Gasteiger partial charge in [0.25, 0.3) is 5.56 Å². The van der Waals surface area contributed by atoms with Crippen LogP contribution in [0.4, 0.5) is 0 Å². The first kappa shape index (κ1) is 15.1. The Bertz CT molecular complexity index is 970.